The molecular formula is C22H19N2O5PS. The van der Waals surface area contributed by atoms with Crippen molar-refractivity contribution in [2.75, 3.05) is 12.0 Å². The fourth-order valence-corrected chi connectivity index (χ4v) is 4.48. The Bertz CT molecular complexity index is 1520. The van der Waals surface area contributed by atoms with E-state index in [1.54, 1.807) is 12.1 Å². The van der Waals surface area contributed by atoms with Crippen LogP contribution in [0.1, 0.15) is 5.69 Å². The van der Waals surface area contributed by atoms with E-state index < -0.39 is 17.4 Å². The van der Waals surface area contributed by atoms with E-state index in [-0.39, 0.29) is 16.3 Å². The Balaban J connectivity index is 2.10. The first kappa shape index (κ1) is 21.2. The van der Waals surface area contributed by atoms with E-state index in [0.717, 1.165) is 28.4 Å². The number of nitrogens with two attached hydrogens (primary N) is 1. The molecule has 4 rings (SSSR count). The van der Waals surface area contributed by atoms with Crippen molar-refractivity contribution in [1.29, 1.82) is 0 Å². The third kappa shape index (κ3) is 4.38. The molecule has 9 heteroatoms. The number of sulfone groups is 1. The predicted octanol–water partition coefficient (Wildman–Crippen LogP) is 4.19. The van der Waals surface area contributed by atoms with Gasteiger partial charge in [0.25, 0.3) is 0 Å². The van der Waals surface area contributed by atoms with E-state index in [1.807, 2.05) is 42.5 Å². The molecule has 0 aliphatic rings. The highest BCUT2D eigenvalue weighted by Crippen LogP contribution is 2.39. The first-order valence-electron chi connectivity index (χ1n) is 9.20. The van der Waals surface area contributed by atoms with E-state index in [4.69, 9.17) is 15.5 Å². The SMILES string of the molecule is CS(=O)(=O)c1cc(-c2cccc3ccccc23)c2nc(/C=C/P(=O)(O)O)c(N)cc2c1. The van der Waals surface area contributed by atoms with Gasteiger partial charge in [0.05, 0.1) is 21.8 Å². The molecule has 1 aromatic heterocycles. The van der Waals surface area contributed by atoms with Crippen LogP contribution in [0, 0.1) is 0 Å². The van der Waals surface area contributed by atoms with Gasteiger partial charge in [-0.25, -0.2) is 13.4 Å². The maximum Gasteiger partial charge on any atom is 0.349 e. The van der Waals surface area contributed by atoms with Crippen molar-refractivity contribution in [2.24, 2.45) is 0 Å². The Kier molecular flexibility index (Phi) is 5.19. The molecule has 0 bridgehead atoms. The van der Waals surface area contributed by atoms with Gasteiger partial charge >= 0.3 is 7.60 Å². The Morgan fingerprint density at radius 1 is 0.968 bits per heavy atom. The van der Waals surface area contributed by atoms with E-state index in [0.29, 0.717) is 16.5 Å². The van der Waals surface area contributed by atoms with Crippen molar-refractivity contribution in [2.45, 2.75) is 4.90 Å². The molecule has 3 aromatic carbocycles. The van der Waals surface area contributed by atoms with Crippen molar-refractivity contribution in [1.82, 2.24) is 4.98 Å². The molecule has 31 heavy (non-hydrogen) atoms. The number of nitrogen functional groups attached to an aromatic ring is 1. The van der Waals surface area contributed by atoms with Gasteiger partial charge in [0.1, 0.15) is 0 Å². The molecule has 0 unspecified atom stereocenters. The molecule has 0 radical (unpaired) electrons. The molecule has 158 valence electrons. The summed E-state index contributed by atoms with van der Waals surface area (Å²) in [6.45, 7) is 0. The monoisotopic (exact) mass is 454 g/mol. The summed E-state index contributed by atoms with van der Waals surface area (Å²) in [6.07, 6.45) is 2.31. The van der Waals surface area contributed by atoms with Crippen LogP contribution in [0.3, 0.4) is 0 Å². The molecular weight excluding hydrogens is 435 g/mol. The minimum absolute atomic E-state index is 0.127. The largest absolute Gasteiger partial charge is 0.397 e. The summed E-state index contributed by atoms with van der Waals surface area (Å²) < 4.78 is 35.9. The van der Waals surface area contributed by atoms with Crippen molar-refractivity contribution < 1.29 is 22.8 Å². The molecule has 0 aliphatic carbocycles. The van der Waals surface area contributed by atoms with Gasteiger partial charge in [0.15, 0.2) is 9.84 Å². The zero-order chi connectivity index (χ0) is 22.4. The Morgan fingerprint density at radius 3 is 2.39 bits per heavy atom. The van der Waals surface area contributed by atoms with Crippen LogP contribution in [0.15, 0.2) is 71.4 Å². The molecule has 1 heterocycles. The molecule has 0 atom stereocenters. The fraction of sp³-hybridized carbons (Fsp3) is 0.0455. The van der Waals surface area contributed by atoms with Crippen LogP contribution in [0.4, 0.5) is 5.69 Å². The number of benzene rings is 3. The van der Waals surface area contributed by atoms with E-state index >= 15 is 0 Å². The zero-order valence-corrected chi connectivity index (χ0v) is 18.1. The number of pyridine rings is 1. The second kappa shape index (κ2) is 7.59. The predicted molar refractivity (Wildman–Crippen MR) is 123 cm³/mol. The van der Waals surface area contributed by atoms with Gasteiger partial charge in [-0.1, -0.05) is 42.5 Å². The first-order chi connectivity index (χ1) is 14.5. The summed E-state index contributed by atoms with van der Waals surface area (Å²) in [7, 11) is -7.92. The van der Waals surface area contributed by atoms with Gasteiger partial charge in [-0.15, -0.1) is 0 Å². The summed E-state index contributed by atoms with van der Waals surface area (Å²) in [5, 5.41) is 2.41. The Hall–Kier alpha value is -3.03. The highest BCUT2D eigenvalue weighted by Gasteiger charge is 2.17. The van der Waals surface area contributed by atoms with Gasteiger partial charge in [-0.2, -0.15) is 0 Å². The van der Waals surface area contributed by atoms with Crippen LogP contribution in [-0.2, 0) is 14.4 Å². The van der Waals surface area contributed by atoms with Crippen LogP contribution in [0.5, 0.6) is 0 Å². The van der Waals surface area contributed by atoms with Crippen LogP contribution in [0.2, 0.25) is 0 Å². The lowest BCUT2D eigenvalue weighted by molar-refractivity contribution is 0.386. The minimum Gasteiger partial charge on any atom is -0.397 e. The third-order valence-corrected chi connectivity index (χ3v) is 6.52. The van der Waals surface area contributed by atoms with E-state index in [1.165, 1.54) is 12.1 Å². The van der Waals surface area contributed by atoms with Gasteiger partial charge in [-0.05, 0) is 40.6 Å². The molecule has 0 spiro atoms. The van der Waals surface area contributed by atoms with Gasteiger partial charge in [0, 0.05) is 23.0 Å². The normalized spacial score (nSPS) is 12.7. The third-order valence-electron chi connectivity index (χ3n) is 4.89. The first-order valence-corrected chi connectivity index (χ1v) is 12.8. The number of hydrogen-bond acceptors (Lipinski definition) is 5. The lowest BCUT2D eigenvalue weighted by atomic mass is 9.96. The quantitative estimate of drug-likeness (QED) is 0.394. The maximum atomic E-state index is 12.3. The van der Waals surface area contributed by atoms with Gasteiger partial charge < -0.3 is 15.5 Å². The summed E-state index contributed by atoms with van der Waals surface area (Å²) in [4.78, 5) is 23.0. The number of anilines is 1. The van der Waals surface area contributed by atoms with Crippen LogP contribution >= 0.6 is 7.60 Å². The number of hydrogen-bond donors (Lipinski definition) is 3. The zero-order valence-electron chi connectivity index (χ0n) is 16.4. The fourth-order valence-electron chi connectivity index (χ4n) is 3.47. The van der Waals surface area contributed by atoms with Crippen LogP contribution in [-0.4, -0.2) is 29.4 Å². The molecule has 4 aromatic rings. The Labute approximate surface area is 178 Å². The average Bonchev–Trinajstić information content (AvgIpc) is 2.69. The maximum absolute atomic E-state index is 12.3. The van der Waals surface area contributed by atoms with Crippen LogP contribution < -0.4 is 5.73 Å². The second-order valence-electron chi connectivity index (χ2n) is 7.21. The van der Waals surface area contributed by atoms with Crippen LogP contribution in [0.25, 0.3) is 38.9 Å². The lowest BCUT2D eigenvalue weighted by Crippen LogP contribution is -2.01. The van der Waals surface area contributed by atoms with Crippen molar-refractivity contribution in [3.05, 3.63) is 72.2 Å². The summed E-state index contributed by atoms with van der Waals surface area (Å²) in [5.41, 5.74) is 8.24. The summed E-state index contributed by atoms with van der Waals surface area (Å²) >= 11 is 0. The molecule has 0 saturated heterocycles. The average molecular weight is 454 g/mol. The van der Waals surface area contributed by atoms with E-state index in [2.05, 4.69) is 4.98 Å². The van der Waals surface area contributed by atoms with E-state index in [9.17, 15) is 13.0 Å². The number of rotatable bonds is 4. The topological polar surface area (TPSA) is 131 Å². The number of fused-ring (bicyclic) bond motifs is 2. The van der Waals surface area contributed by atoms with Gasteiger partial charge in [0.2, 0.25) is 0 Å². The van der Waals surface area contributed by atoms with Gasteiger partial charge in [-0.3, -0.25) is 4.57 Å². The van der Waals surface area contributed by atoms with Crippen molar-refractivity contribution >= 4 is 50.9 Å². The smallest absolute Gasteiger partial charge is 0.349 e. The number of nitrogens with zero attached hydrogens (tertiary/aromatic N) is 1. The molecule has 7 nitrogen and oxygen atoms in total. The van der Waals surface area contributed by atoms with Crippen molar-refractivity contribution in [3.63, 3.8) is 0 Å². The molecule has 0 fully saturated rings. The number of aromatic nitrogens is 1. The molecule has 0 amide bonds. The highest BCUT2D eigenvalue weighted by atomic mass is 32.2. The molecule has 0 aliphatic heterocycles. The lowest BCUT2D eigenvalue weighted by Gasteiger charge is -2.13. The summed E-state index contributed by atoms with van der Waals surface area (Å²) in [5.74, 6) is 0.736. The molecule has 4 N–H and O–H groups in total. The summed E-state index contributed by atoms with van der Waals surface area (Å²) in [6, 6.07) is 18.1. The Morgan fingerprint density at radius 2 is 1.68 bits per heavy atom. The standard InChI is InChI=1S/C22H19N2O5PS/c1-31(28,29)16-11-15-12-20(23)21(9-10-30(25,26)27)24-22(15)19(13-16)18-8-4-6-14-5-2-3-7-17(14)18/h2-13H,23H2,1H3,(H2,25,26,27)/b10-9+. The highest BCUT2D eigenvalue weighted by molar-refractivity contribution is 7.90. The molecule has 0 saturated carbocycles. The van der Waals surface area contributed by atoms with Crippen molar-refractivity contribution in [3.8, 4) is 11.1 Å². The second-order valence-corrected chi connectivity index (χ2v) is 10.7. The minimum atomic E-state index is -4.40.